The van der Waals surface area contributed by atoms with Crippen LogP contribution in [0.5, 0.6) is 11.5 Å². The second-order valence-electron chi connectivity index (χ2n) is 5.43. The van der Waals surface area contributed by atoms with Crippen LogP contribution in [0.4, 0.5) is 0 Å². The van der Waals surface area contributed by atoms with E-state index in [-0.39, 0.29) is 5.69 Å². The number of aromatic amines is 1. The maximum atomic E-state index is 11.3. The van der Waals surface area contributed by atoms with E-state index in [0.717, 1.165) is 44.7 Å². The molecule has 3 rings (SSSR count). The lowest BCUT2D eigenvalue weighted by Crippen LogP contribution is -2.37. The van der Waals surface area contributed by atoms with Crippen molar-refractivity contribution in [2.24, 2.45) is 0 Å². The Balaban J connectivity index is 1.62. The maximum Gasteiger partial charge on any atom is 0.345 e. The van der Waals surface area contributed by atoms with Gasteiger partial charge in [-0.25, -0.2) is 9.78 Å². The summed E-state index contributed by atoms with van der Waals surface area (Å²) in [6.45, 7) is 5.19. The smallest absolute Gasteiger partial charge is 0.345 e. The van der Waals surface area contributed by atoms with Crippen molar-refractivity contribution < 1.29 is 14.2 Å². The van der Waals surface area contributed by atoms with Crippen molar-refractivity contribution >= 4 is 10.9 Å². The van der Waals surface area contributed by atoms with Gasteiger partial charge in [-0.3, -0.25) is 4.90 Å². The molecule has 0 saturated carbocycles. The first-order valence-electron chi connectivity index (χ1n) is 7.76. The molecule has 1 fully saturated rings. The third-order valence-electron chi connectivity index (χ3n) is 3.88. The number of aromatic nitrogens is 2. The molecule has 0 unspecified atom stereocenters. The molecule has 0 atom stereocenters. The molecule has 1 aromatic carbocycles. The zero-order chi connectivity index (χ0) is 16.1. The van der Waals surface area contributed by atoms with Gasteiger partial charge in [0.15, 0.2) is 11.5 Å². The third kappa shape index (κ3) is 4.00. The van der Waals surface area contributed by atoms with Crippen LogP contribution in [-0.4, -0.2) is 61.4 Å². The van der Waals surface area contributed by atoms with Gasteiger partial charge in [0.05, 0.1) is 32.4 Å². The molecule has 2 aromatic rings. The SMILES string of the molecule is COc1cc2[nH]c(=O)ncc2cc1OCCCN1CCOCC1. The number of ether oxygens (including phenoxy) is 3. The molecule has 1 N–H and O–H groups in total. The van der Waals surface area contributed by atoms with E-state index in [4.69, 9.17) is 14.2 Å². The highest BCUT2D eigenvalue weighted by Gasteiger charge is 2.11. The zero-order valence-electron chi connectivity index (χ0n) is 13.2. The fourth-order valence-electron chi connectivity index (χ4n) is 2.63. The lowest BCUT2D eigenvalue weighted by atomic mass is 10.2. The van der Waals surface area contributed by atoms with Gasteiger partial charge in [0.2, 0.25) is 0 Å². The van der Waals surface area contributed by atoms with Crippen molar-refractivity contribution in [3.05, 3.63) is 28.8 Å². The Morgan fingerprint density at radius 2 is 2.13 bits per heavy atom. The van der Waals surface area contributed by atoms with Gasteiger partial charge in [-0.2, -0.15) is 0 Å². The van der Waals surface area contributed by atoms with Gasteiger partial charge >= 0.3 is 5.69 Å². The van der Waals surface area contributed by atoms with E-state index < -0.39 is 0 Å². The number of hydrogen-bond donors (Lipinski definition) is 1. The summed E-state index contributed by atoms with van der Waals surface area (Å²) in [4.78, 5) is 20.1. The normalized spacial score (nSPS) is 15.7. The number of hydrogen-bond acceptors (Lipinski definition) is 6. The Hall–Kier alpha value is -2.12. The predicted octanol–water partition coefficient (Wildman–Crippen LogP) is 1.03. The second-order valence-corrected chi connectivity index (χ2v) is 5.43. The number of morpholine rings is 1. The van der Waals surface area contributed by atoms with E-state index in [1.54, 1.807) is 13.2 Å². The average Bonchev–Trinajstić information content (AvgIpc) is 2.59. The maximum absolute atomic E-state index is 11.3. The van der Waals surface area contributed by atoms with Crippen molar-refractivity contribution in [1.29, 1.82) is 0 Å². The van der Waals surface area contributed by atoms with Gasteiger partial charge in [-0.1, -0.05) is 0 Å². The van der Waals surface area contributed by atoms with Gasteiger partial charge in [0.25, 0.3) is 0 Å². The molecular weight excluding hydrogens is 298 g/mol. The molecule has 0 radical (unpaired) electrons. The summed E-state index contributed by atoms with van der Waals surface area (Å²) < 4.78 is 16.5. The van der Waals surface area contributed by atoms with Crippen LogP contribution in [0, 0.1) is 0 Å². The van der Waals surface area contributed by atoms with E-state index in [9.17, 15) is 4.79 Å². The van der Waals surface area contributed by atoms with Crippen LogP contribution in [0.1, 0.15) is 6.42 Å². The molecule has 0 amide bonds. The minimum Gasteiger partial charge on any atom is -0.493 e. The molecule has 124 valence electrons. The number of fused-ring (bicyclic) bond motifs is 1. The molecule has 7 nitrogen and oxygen atoms in total. The van der Waals surface area contributed by atoms with Gasteiger partial charge in [0, 0.05) is 37.3 Å². The van der Waals surface area contributed by atoms with E-state index >= 15 is 0 Å². The first kappa shape index (κ1) is 15.8. The van der Waals surface area contributed by atoms with Gasteiger partial charge in [-0.05, 0) is 12.5 Å². The van der Waals surface area contributed by atoms with E-state index in [1.165, 1.54) is 6.20 Å². The second kappa shape index (κ2) is 7.43. The summed E-state index contributed by atoms with van der Waals surface area (Å²) in [6.07, 6.45) is 2.47. The van der Waals surface area contributed by atoms with Crippen LogP contribution < -0.4 is 15.2 Å². The fourth-order valence-corrected chi connectivity index (χ4v) is 2.63. The molecule has 1 saturated heterocycles. The topological polar surface area (TPSA) is 76.7 Å². The quantitative estimate of drug-likeness (QED) is 0.802. The summed E-state index contributed by atoms with van der Waals surface area (Å²) in [6, 6.07) is 3.60. The Bertz CT molecular complexity index is 710. The van der Waals surface area contributed by atoms with E-state index in [2.05, 4.69) is 14.9 Å². The number of nitrogens with zero attached hydrogens (tertiary/aromatic N) is 2. The lowest BCUT2D eigenvalue weighted by molar-refractivity contribution is 0.0357. The molecule has 1 aliphatic heterocycles. The molecule has 1 aliphatic rings. The van der Waals surface area contributed by atoms with Crippen molar-refractivity contribution in [1.82, 2.24) is 14.9 Å². The first-order valence-corrected chi connectivity index (χ1v) is 7.76. The summed E-state index contributed by atoms with van der Waals surface area (Å²) in [7, 11) is 1.58. The van der Waals surface area contributed by atoms with Gasteiger partial charge < -0.3 is 19.2 Å². The molecule has 23 heavy (non-hydrogen) atoms. The molecular formula is C16H21N3O4. The van der Waals surface area contributed by atoms with Crippen molar-refractivity contribution in [2.75, 3.05) is 46.6 Å². The van der Waals surface area contributed by atoms with Gasteiger partial charge in [-0.15, -0.1) is 0 Å². The standard InChI is InChI=1S/C16H21N3O4/c1-21-14-10-13-12(11-17-16(20)18-13)9-15(14)23-6-2-3-19-4-7-22-8-5-19/h9-11H,2-8H2,1H3,(H,17,18,20). The predicted molar refractivity (Wildman–Crippen MR) is 86.3 cm³/mol. The summed E-state index contributed by atoms with van der Waals surface area (Å²) in [5.41, 5.74) is 0.307. The van der Waals surface area contributed by atoms with Crippen molar-refractivity contribution in [3.8, 4) is 11.5 Å². The monoisotopic (exact) mass is 319 g/mol. The average molecular weight is 319 g/mol. The lowest BCUT2D eigenvalue weighted by Gasteiger charge is -2.26. The highest BCUT2D eigenvalue weighted by molar-refractivity contribution is 5.81. The molecule has 0 aliphatic carbocycles. The summed E-state index contributed by atoms with van der Waals surface area (Å²) in [5, 5.41) is 0.813. The van der Waals surface area contributed by atoms with E-state index in [0.29, 0.717) is 23.6 Å². The van der Waals surface area contributed by atoms with Crippen molar-refractivity contribution in [3.63, 3.8) is 0 Å². The summed E-state index contributed by atoms with van der Waals surface area (Å²) >= 11 is 0. The number of benzene rings is 1. The Morgan fingerprint density at radius 3 is 2.91 bits per heavy atom. The molecule has 0 spiro atoms. The minimum absolute atomic E-state index is 0.376. The molecule has 2 heterocycles. The number of rotatable bonds is 6. The highest BCUT2D eigenvalue weighted by Crippen LogP contribution is 2.31. The largest absolute Gasteiger partial charge is 0.493 e. The Labute approximate surface area is 134 Å². The van der Waals surface area contributed by atoms with Crippen LogP contribution in [-0.2, 0) is 4.74 Å². The third-order valence-corrected chi connectivity index (χ3v) is 3.88. The van der Waals surface area contributed by atoms with Crippen LogP contribution in [0.25, 0.3) is 10.9 Å². The molecule has 1 aromatic heterocycles. The number of H-pyrrole nitrogens is 1. The van der Waals surface area contributed by atoms with Crippen LogP contribution >= 0.6 is 0 Å². The Kier molecular flexibility index (Phi) is 5.09. The minimum atomic E-state index is -0.376. The van der Waals surface area contributed by atoms with Crippen LogP contribution in [0.3, 0.4) is 0 Å². The number of methoxy groups -OCH3 is 1. The highest BCUT2D eigenvalue weighted by atomic mass is 16.5. The van der Waals surface area contributed by atoms with Crippen molar-refractivity contribution in [2.45, 2.75) is 6.42 Å². The van der Waals surface area contributed by atoms with E-state index in [1.807, 2.05) is 6.07 Å². The van der Waals surface area contributed by atoms with Gasteiger partial charge in [0.1, 0.15) is 0 Å². The first-order chi connectivity index (χ1) is 11.3. The zero-order valence-corrected chi connectivity index (χ0v) is 13.2. The van der Waals surface area contributed by atoms with Crippen LogP contribution in [0.15, 0.2) is 23.1 Å². The Morgan fingerprint density at radius 1 is 1.30 bits per heavy atom. The summed E-state index contributed by atoms with van der Waals surface area (Å²) in [5.74, 6) is 1.27. The number of nitrogens with one attached hydrogen (secondary N) is 1. The van der Waals surface area contributed by atoms with Crippen LogP contribution in [0.2, 0.25) is 0 Å². The molecule has 0 bridgehead atoms. The molecule has 7 heteroatoms. The fraction of sp³-hybridized carbons (Fsp3) is 0.500.